The van der Waals surface area contributed by atoms with Gasteiger partial charge in [-0.3, -0.25) is 9.69 Å². The van der Waals surface area contributed by atoms with Crippen molar-refractivity contribution in [2.45, 2.75) is 55.4 Å². The zero-order valence-corrected chi connectivity index (χ0v) is 20.0. The lowest BCUT2D eigenvalue weighted by Crippen LogP contribution is -2.48. The fourth-order valence-corrected chi connectivity index (χ4v) is 4.71. The van der Waals surface area contributed by atoms with E-state index in [0.29, 0.717) is 19.5 Å². The van der Waals surface area contributed by atoms with Gasteiger partial charge in [-0.15, -0.1) is 11.8 Å². The maximum absolute atomic E-state index is 13.0. The van der Waals surface area contributed by atoms with Crippen LogP contribution in [0.5, 0.6) is 5.75 Å². The number of benzene rings is 2. The van der Waals surface area contributed by atoms with Gasteiger partial charge in [0.05, 0.1) is 12.4 Å². The fourth-order valence-electron chi connectivity index (χ4n) is 3.62. The molecule has 1 N–H and O–H groups in total. The van der Waals surface area contributed by atoms with E-state index >= 15 is 0 Å². The molecular formula is C25H32N2O4S. The second-order valence-electron chi connectivity index (χ2n) is 8.77. The molecule has 7 heteroatoms. The summed E-state index contributed by atoms with van der Waals surface area (Å²) in [5.41, 5.74) is 0.471. The monoisotopic (exact) mass is 456 g/mol. The van der Waals surface area contributed by atoms with Gasteiger partial charge in [-0.25, -0.2) is 4.79 Å². The van der Waals surface area contributed by atoms with Crippen LogP contribution in [0.4, 0.5) is 4.79 Å². The topological polar surface area (TPSA) is 67.9 Å². The Morgan fingerprint density at radius 3 is 2.59 bits per heavy atom. The largest absolute Gasteiger partial charge is 0.497 e. The molecule has 1 saturated heterocycles. The molecule has 0 radical (unpaired) electrons. The van der Waals surface area contributed by atoms with Crippen molar-refractivity contribution in [3.8, 4) is 5.75 Å². The van der Waals surface area contributed by atoms with Crippen LogP contribution in [0.1, 0.15) is 44.4 Å². The van der Waals surface area contributed by atoms with Crippen molar-refractivity contribution < 1.29 is 19.1 Å². The molecule has 0 spiro atoms. The van der Waals surface area contributed by atoms with Crippen LogP contribution >= 0.6 is 11.8 Å². The lowest BCUT2D eigenvalue weighted by Gasteiger charge is -2.28. The summed E-state index contributed by atoms with van der Waals surface area (Å²) in [7, 11) is 1.64. The number of carbonyl (C=O) groups is 2. The minimum Gasteiger partial charge on any atom is -0.497 e. The van der Waals surface area contributed by atoms with Gasteiger partial charge in [0.15, 0.2) is 0 Å². The first kappa shape index (κ1) is 24.0. The number of hydrogen-bond donors (Lipinski definition) is 1. The maximum Gasteiger partial charge on any atom is 0.410 e. The average molecular weight is 457 g/mol. The Morgan fingerprint density at radius 1 is 1.16 bits per heavy atom. The highest BCUT2D eigenvalue weighted by atomic mass is 32.2. The third kappa shape index (κ3) is 6.66. The number of nitrogens with one attached hydrogen (secondary N) is 1. The van der Waals surface area contributed by atoms with Crippen LogP contribution in [0.15, 0.2) is 59.5 Å². The first-order valence-electron chi connectivity index (χ1n) is 10.9. The number of methoxy groups -OCH3 is 1. The van der Waals surface area contributed by atoms with Crippen molar-refractivity contribution in [1.29, 1.82) is 0 Å². The third-order valence-corrected chi connectivity index (χ3v) is 6.40. The summed E-state index contributed by atoms with van der Waals surface area (Å²) in [6.45, 7) is 6.45. The van der Waals surface area contributed by atoms with Gasteiger partial charge in [0.1, 0.15) is 17.4 Å². The van der Waals surface area contributed by atoms with Crippen LogP contribution in [0.2, 0.25) is 0 Å². The number of nitrogens with zero attached hydrogens (tertiary/aromatic N) is 1. The van der Waals surface area contributed by atoms with E-state index in [2.05, 4.69) is 17.4 Å². The standard InChI is InChI=1S/C25H32N2O4S/c1-25(2,3)31-24(29)27-15-9-14-21(27)23(28)26-17-22(32-20-12-6-5-7-13-20)18-10-8-11-19(16-18)30-4/h5-8,10-13,16,21-22H,9,14-15,17H2,1-4H3,(H,26,28)/t21-,22-/m0/s1. The van der Waals surface area contributed by atoms with E-state index in [1.807, 2.05) is 63.2 Å². The highest BCUT2D eigenvalue weighted by Crippen LogP contribution is 2.36. The Hall–Kier alpha value is -2.67. The second-order valence-corrected chi connectivity index (χ2v) is 10.0. The Balaban J connectivity index is 1.70. The van der Waals surface area contributed by atoms with E-state index in [1.165, 1.54) is 0 Å². The quantitative estimate of drug-likeness (QED) is 0.591. The number of amides is 2. The molecule has 172 valence electrons. The molecule has 1 fully saturated rings. The predicted molar refractivity (Wildman–Crippen MR) is 127 cm³/mol. The second kappa shape index (κ2) is 10.8. The van der Waals surface area contributed by atoms with Gasteiger partial charge in [0, 0.05) is 18.0 Å². The van der Waals surface area contributed by atoms with Crippen molar-refractivity contribution >= 4 is 23.8 Å². The van der Waals surface area contributed by atoms with Gasteiger partial charge in [0.25, 0.3) is 0 Å². The van der Waals surface area contributed by atoms with Crippen molar-refractivity contribution in [2.75, 3.05) is 20.2 Å². The summed E-state index contributed by atoms with van der Waals surface area (Å²) >= 11 is 1.68. The van der Waals surface area contributed by atoms with E-state index in [9.17, 15) is 9.59 Å². The van der Waals surface area contributed by atoms with E-state index in [0.717, 1.165) is 22.6 Å². The number of thioether (sulfide) groups is 1. The van der Waals surface area contributed by atoms with Gasteiger partial charge in [-0.2, -0.15) is 0 Å². The normalized spacial score (nSPS) is 17.0. The highest BCUT2D eigenvalue weighted by molar-refractivity contribution is 7.99. The van der Waals surface area contributed by atoms with Gasteiger partial charge in [-0.05, 0) is 63.4 Å². The molecule has 2 aromatic rings. The Kier molecular flexibility index (Phi) is 8.07. The smallest absolute Gasteiger partial charge is 0.410 e. The molecule has 1 aliphatic heterocycles. The molecule has 0 bridgehead atoms. The van der Waals surface area contributed by atoms with E-state index in [1.54, 1.807) is 23.8 Å². The lowest BCUT2D eigenvalue weighted by atomic mass is 10.1. The number of carbonyl (C=O) groups excluding carboxylic acids is 2. The van der Waals surface area contributed by atoms with Crippen molar-refractivity contribution in [3.63, 3.8) is 0 Å². The predicted octanol–water partition coefficient (Wildman–Crippen LogP) is 5.04. The summed E-state index contributed by atoms with van der Waals surface area (Å²) in [6.07, 6.45) is 0.994. The molecule has 0 aromatic heterocycles. The highest BCUT2D eigenvalue weighted by Gasteiger charge is 2.36. The summed E-state index contributed by atoms with van der Waals surface area (Å²) in [5.74, 6) is 0.634. The Morgan fingerprint density at radius 2 is 1.91 bits per heavy atom. The van der Waals surface area contributed by atoms with Gasteiger partial charge < -0.3 is 14.8 Å². The van der Waals surface area contributed by atoms with E-state index in [4.69, 9.17) is 9.47 Å². The van der Waals surface area contributed by atoms with Crippen molar-refractivity contribution in [3.05, 3.63) is 60.2 Å². The molecule has 2 aromatic carbocycles. The number of likely N-dealkylation sites (tertiary alicyclic amines) is 1. The SMILES string of the molecule is COc1cccc([C@H](CNC(=O)[C@@H]2CCCN2C(=O)OC(C)(C)C)Sc2ccccc2)c1. The van der Waals surface area contributed by atoms with E-state index < -0.39 is 17.7 Å². The molecule has 2 atom stereocenters. The molecule has 1 heterocycles. The molecule has 0 saturated carbocycles. The fraction of sp³-hybridized carbons (Fsp3) is 0.440. The van der Waals surface area contributed by atoms with Crippen LogP contribution < -0.4 is 10.1 Å². The third-order valence-electron chi connectivity index (χ3n) is 5.13. The van der Waals surface area contributed by atoms with Crippen LogP contribution in [0.25, 0.3) is 0 Å². The number of ether oxygens (including phenoxy) is 2. The first-order valence-corrected chi connectivity index (χ1v) is 11.8. The molecule has 1 aliphatic rings. The van der Waals surface area contributed by atoms with E-state index in [-0.39, 0.29) is 11.2 Å². The minimum absolute atomic E-state index is 0.00664. The minimum atomic E-state index is -0.593. The molecule has 0 unspecified atom stereocenters. The van der Waals surface area contributed by atoms with Crippen molar-refractivity contribution in [1.82, 2.24) is 10.2 Å². The van der Waals surface area contributed by atoms with Crippen LogP contribution in [0, 0.1) is 0 Å². The number of rotatable bonds is 7. The zero-order chi connectivity index (χ0) is 23.1. The summed E-state index contributed by atoms with van der Waals surface area (Å²) in [5, 5.41) is 3.07. The first-order chi connectivity index (χ1) is 15.3. The van der Waals surface area contributed by atoms with Gasteiger partial charge in [-0.1, -0.05) is 30.3 Å². The Labute approximate surface area is 194 Å². The summed E-state index contributed by atoms with van der Waals surface area (Å²) in [4.78, 5) is 28.3. The maximum atomic E-state index is 13.0. The Bertz CT molecular complexity index is 914. The van der Waals surface area contributed by atoms with Crippen LogP contribution in [-0.4, -0.2) is 48.7 Å². The molecule has 32 heavy (non-hydrogen) atoms. The summed E-state index contributed by atoms with van der Waals surface area (Å²) in [6, 6.07) is 17.5. The number of hydrogen-bond acceptors (Lipinski definition) is 5. The van der Waals surface area contributed by atoms with Crippen molar-refractivity contribution in [2.24, 2.45) is 0 Å². The van der Waals surface area contributed by atoms with Crippen LogP contribution in [0.3, 0.4) is 0 Å². The molecule has 6 nitrogen and oxygen atoms in total. The molecule has 0 aliphatic carbocycles. The molecule has 3 rings (SSSR count). The average Bonchev–Trinajstić information content (AvgIpc) is 3.26. The molecular weight excluding hydrogens is 424 g/mol. The summed E-state index contributed by atoms with van der Waals surface area (Å²) < 4.78 is 10.9. The van der Waals surface area contributed by atoms with Gasteiger partial charge in [0.2, 0.25) is 5.91 Å². The van der Waals surface area contributed by atoms with Gasteiger partial charge >= 0.3 is 6.09 Å². The van der Waals surface area contributed by atoms with Crippen LogP contribution in [-0.2, 0) is 9.53 Å². The molecule has 2 amide bonds. The lowest BCUT2D eigenvalue weighted by molar-refractivity contribution is -0.125. The zero-order valence-electron chi connectivity index (χ0n) is 19.2.